The summed E-state index contributed by atoms with van der Waals surface area (Å²) < 4.78 is 9.56. The third-order valence-electron chi connectivity index (χ3n) is 3.25. The Morgan fingerprint density at radius 1 is 0.958 bits per heavy atom. The van der Waals surface area contributed by atoms with E-state index < -0.39 is 42.1 Å². The van der Waals surface area contributed by atoms with E-state index >= 15 is 0 Å². The monoisotopic (exact) mass is 337 g/mol. The van der Waals surface area contributed by atoms with E-state index in [-0.39, 0.29) is 6.42 Å². The molecule has 0 amide bonds. The molecule has 1 aromatic carbocycles. The van der Waals surface area contributed by atoms with Crippen LogP contribution < -0.4 is 17.2 Å². The number of nitrogens with two attached hydrogens (primary N) is 3. The van der Waals surface area contributed by atoms with Crippen molar-refractivity contribution in [3.8, 4) is 0 Å². The van der Waals surface area contributed by atoms with Crippen molar-refractivity contribution < 1.29 is 23.9 Å². The minimum atomic E-state index is -1.32. The first kappa shape index (κ1) is 19.8. The number of esters is 3. The van der Waals surface area contributed by atoms with Crippen LogP contribution in [0.3, 0.4) is 0 Å². The first-order chi connectivity index (χ1) is 11.2. The second kappa shape index (κ2) is 9.11. The van der Waals surface area contributed by atoms with Crippen LogP contribution >= 0.6 is 0 Å². The molecule has 24 heavy (non-hydrogen) atoms. The highest BCUT2D eigenvalue weighted by Gasteiger charge is 2.29. The molecule has 8 nitrogen and oxygen atoms in total. The maximum Gasteiger partial charge on any atom is 0.334 e. The molecule has 0 saturated heterocycles. The second-order valence-electron chi connectivity index (χ2n) is 5.49. The van der Waals surface area contributed by atoms with E-state index in [2.05, 4.69) is 4.74 Å². The molecule has 0 saturated carbocycles. The molecule has 0 aliphatic carbocycles. The molecule has 0 heterocycles. The Morgan fingerprint density at radius 2 is 1.54 bits per heavy atom. The molecule has 0 spiro atoms. The average molecular weight is 337 g/mol. The van der Waals surface area contributed by atoms with E-state index in [1.165, 1.54) is 13.8 Å². The number of hydrogen-bond acceptors (Lipinski definition) is 8. The maximum absolute atomic E-state index is 11.9. The van der Waals surface area contributed by atoms with Crippen molar-refractivity contribution in [2.24, 2.45) is 17.2 Å². The molecule has 0 aliphatic rings. The van der Waals surface area contributed by atoms with Gasteiger partial charge >= 0.3 is 17.9 Å². The lowest BCUT2D eigenvalue weighted by atomic mass is 10.1. The Labute approximate surface area is 140 Å². The fourth-order valence-corrected chi connectivity index (χ4v) is 1.75. The van der Waals surface area contributed by atoms with E-state index in [4.69, 9.17) is 21.9 Å². The lowest BCUT2D eigenvalue weighted by Gasteiger charge is -2.20. The summed E-state index contributed by atoms with van der Waals surface area (Å²) in [5.41, 5.74) is 17.5. The zero-order valence-electron chi connectivity index (χ0n) is 13.7. The lowest BCUT2D eigenvalue weighted by molar-refractivity contribution is -0.165. The number of benzene rings is 1. The molecule has 0 aromatic heterocycles. The summed E-state index contributed by atoms with van der Waals surface area (Å²) in [6.07, 6.45) is -0.772. The van der Waals surface area contributed by atoms with Crippen LogP contribution in [0.1, 0.15) is 19.4 Å². The normalized spacial score (nSPS) is 15.7. The van der Waals surface area contributed by atoms with Gasteiger partial charge in [-0.2, -0.15) is 0 Å². The van der Waals surface area contributed by atoms with Crippen molar-refractivity contribution in [2.75, 3.05) is 0 Å². The van der Waals surface area contributed by atoms with Crippen LogP contribution in [-0.4, -0.2) is 42.1 Å². The standard InChI is InChI=1S/C16H23N3O5/c1-9(17)14(20)23-10(2)13(19)16(22)24-15(21)12(18)8-11-6-4-3-5-7-11/h3-7,9-10,12-13H,8,17-19H2,1-2H3/t9-,10+,12-,13-/m0/s1. The van der Waals surface area contributed by atoms with Crippen LogP contribution in [-0.2, 0) is 30.3 Å². The summed E-state index contributed by atoms with van der Waals surface area (Å²) >= 11 is 0. The fourth-order valence-electron chi connectivity index (χ4n) is 1.75. The van der Waals surface area contributed by atoms with E-state index in [0.29, 0.717) is 0 Å². The van der Waals surface area contributed by atoms with Crippen molar-refractivity contribution in [1.29, 1.82) is 0 Å². The quantitative estimate of drug-likeness (QED) is 0.434. The molecule has 0 fully saturated rings. The third-order valence-corrected chi connectivity index (χ3v) is 3.25. The maximum atomic E-state index is 11.9. The van der Waals surface area contributed by atoms with E-state index in [0.717, 1.165) is 5.56 Å². The van der Waals surface area contributed by atoms with Crippen LogP contribution in [0.5, 0.6) is 0 Å². The molecule has 6 N–H and O–H groups in total. The molecule has 132 valence electrons. The van der Waals surface area contributed by atoms with Crippen LogP contribution in [0.4, 0.5) is 0 Å². The minimum Gasteiger partial charge on any atom is -0.459 e. The zero-order valence-corrected chi connectivity index (χ0v) is 13.7. The molecule has 0 unspecified atom stereocenters. The summed E-state index contributed by atoms with van der Waals surface area (Å²) in [6.45, 7) is 2.84. The van der Waals surface area contributed by atoms with Gasteiger partial charge in [0.25, 0.3) is 0 Å². The van der Waals surface area contributed by atoms with Crippen molar-refractivity contribution in [3.63, 3.8) is 0 Å². The molecule has 0 bridgehead atoms. The smallest absolute Gasteiger partial charge is 0.334 e. The first-order valence-electron chi connectivity index (χ1n) is 7.49. The number of ether oxygens (including phenoxy) is 2. The summed E-state index contributed by atoms with van der Waals surface area (Å²) in [5, 5.41) is 0. The first-order valence-corrected chi connectivity index (χ1v) is 7.49. The highest BCUT2D eigenvalue weighted by molar-refractivity contribution is 5.91. The van der Waals surface area contributed by atoms with Crippen LogP contribution in [0.2, 0.25) is 0 Å². The molecule has 1 rings (SSSR count). The van der Waals surface area contributed by atoms with Crippen LogP contribution in [0.15, 0.2) is 30.3 Å². The largest absolute Gasteiger partial charge is 0.459 e. The van der Waals surface area contributed by atoms with Crippen LogP contribution in [0, 0.1) is 0 Å². The Hall–Kier alpha value is -2.29. The van der Waals surface area contributed by atoms with Gasteiger partial charge in [0.05, 0.1) is 0 Å². The fraction of sp³-hybridized carbons (Fsp3) is 0.438. The molecular formula is C16H23N3O5. The van der Waals surface area contributed by atoms with E-state index in [1.807, 2.05) is 18.2 Å². The summed E-state index contributed by atoms with van der Waals surface area (Å²) in [4.78, 5) is 35.1. The molecule has 1 aromatic rings. The molecular weight excluding hydrogens is 314 g/mol. The number of carbonyl (C=O) groups is 3. The second-order valence-corrected chi connectivity index (χ2v) is 5.49. The Kier molecular flexibility index (Phi) is 7.50. The van der Waals surface area contributed by atoms with Gasteiger partial charge in [0.1, 0.15) is 24.2 Å². The minimum absolute atomic E-state index is 0.220. The summed E-state index contributed by atoms with van der Waals surface area (Å²) in [7, 11) is 0. The number of hydrogen-bond donors (Lipinski definition) is 3. The molecule has 4 atom stereocenters. The highest BCUT2D eigenvalue weighted by Crippen LogP contribution is 2.05. The molecule has 0 aliphatic heterocycles. The summed E-state index contributed by atoms with van der Waals surface area (Å²) in [6, 6.07) is 5.88. The van der Waals surface area contributed by atoms with Crippen molar-refractivity contribution in [3.05, 3.63) is 35.9 Å². The highest BCUT2D eigenvalue weighted by atomic mass is 16.6. The van der Waals surface area contributed by atoms with E-state index in [9.17, 15) is 14.4 Å². The number of rotatable bonds is 7. The Bertz CT molecular complexity index is 576. The van der Waals surface area contributed by atoms with Crippen LogP contribution in [0.25, 0.3) is 0 Å². The molecule has 8 heteroatoms. The van der Waals surface area contributed by atoms with Gasteiger partial charge in [0.2, 0.25) is 0 Å². The molecule has 0 radical (unpaired) electrons. The van der Waals surface area contributed by atoms with Crippen molar-refractivity contribution >= 4 is 17.9 Å². The number of carbonyl (C=O) groups excluding carboxylic acids is 3. The van der Waals surface area contributed by atoms with Crippen molar-refractivity contribution in [2.45, 2.75) is 44.5 Å². The Morgan fingerprint density at radius 3 is 2.08 bits per heavy atom. The SMILES string of the molecule is C[C@H](N)C(=O)O[C@H](C)[C@H](N)C(=O)OC(=O)[C@@H](N)Cc1ccccc1. The van der Waals surface area contributed by atoms with Gasteiger partial charge in [0, 0.05) is 0 Å². The average Bonchev–Trinajstić information content (AvgIpc) is 2.54. The topological polar surface area (TPSA) is 148 Å². The van der Waals surface area contributed by atoms with Gasteiger partial charge in [-0.1, -0.05) is 30.3 Å². The van der Waals surface area contributed by atoms with Gasteiger partial charge < -0.3 is 26.7 Å². The summed E-state index contributed by atoms with van der Waals surface area (Å²) in [5.74, 6) is -2.63. The predicted molar refractivity (Wildman–Crippen MR) is 86.4 cm³/mol. The van der Waals surface area contributed by atoms with Gasteiger partial charge in [0.15, 0.2) is 0 Å². The zero-order chi connectivity index (χ0) is 18.3. The van der Waals surface area contributed by atoms with Gasteiger partial charge in [-0.3, -0.25) is 4.79 Å². The van der Waals surface area contributed by atoms with E-state index in [1.54, 1.807) is 12.1 Å². The van der Waals surface area contributed by atoms with Gasteiger partial charge in [-0.15, -0.1) is 0 Å². The Balaban J connectivity index is 2.53. The van der Waals surface area contributed by atoms with Crippen molar-refractivity contribution in [1.82, 2.24) is 0 Å². The predicted octanol–water partition coefficient (Wildman–Crippen LogP) is -0.768. The van der Waals surface area contributed by atoms with Gasteiger partial charge in [-0.25, -0.2) is 9.59 Å². The van der Waals surface area contributed by atoms with Gasteiger partial charge in [-0.05, 0) is 25.8 Å². The third kappa shape index (κ3) is 6.07. The lowest BCUT2D eigenvalue weighted by Crippen LogP contribution is -2.47.